The maximum Gasteiger partial charge on any atom is 0.265 e. The second-order valence-corrected chi connectivity index (χ2v) is 11.6. The molecule has 11 heteroatoms. The van der Waals surface area contributed by atoms with Crippen LogP contribution in [-0.2, 0) is 26.3 Å². The van der Waals surface area contributed by atoms with Crippen molar-refractivity contribution in [3.63, 3.8) is 0 Å². The average molecular weight is 509 g/mol. The van der Waals surface area contributed by atoms with E-state index in [4.69, 9.17) is 11.0 Å². The number of benzene rings is 3. The molecule has 4 aromatic rings. The van der Waals surface area contributed by atoms with Gasteiger partial charge in [0.25, 0.3) is 5.91 Å². The van der Waals surface area contributed by atoms with Crippen LogP contribution in [0.1, 0.15) is 16.1 Å². The topological polar surface area (TPSA) is 152 Å². The van der Waals surface area contributed by atoms with Crippen LogP contribution in [0.3, 0.4) is 0 Å². The predicted molar refractivity (Wildman–Crippen MR) is 131 cm³/mol. The van der Waals surface area contributed by atoms with Gasteiger partial charge in [0.1, 0.15) is 5.69 Å². The van der Waals surface area contributed by atoms with Crippen molar-refractivity contribution >= 4 is 42.4 Å². The summed E-state index contributed by atoms with van der Waals surface area (Å²) in [6.45, 7) is 0. The number of nitrogens with one attached hydrogen (secondary N) is 1. The third-order valence-electron chi connectivity index (χ3n) is 5.24. The number of nitrogens with two attached hydrogens (primary N) is 1. The number of carbonyl (C=O) groups is 1. The first-order valence-corrected chi connectivity index (χ1v) is 13.6. The van der Waals surface area contributed by atoms with Crippen molar-refractivity contribution in [2.75, 3.05) is 11.0 Å². The molecule has 0 saturated carbocycles. The summed E-state index contributed by atoms with van der Waals surface area (Å²) in [7, 11) is -7.49. The fourth-order valence-electron chi connectivity index (χ4n) is 3.78. The molecule has 0 radical (unpaired) electrons. The molecule has 1 heterocycles. The molecule has 0 fully saturated rings. The van der Waals surface area contributed by atoms with E-state index in [2.05, 4.69) is 4.72 Å². The quantitative estimate of drug-likeness (QED) is 0.391. The van der Waals surface area contributed by atoms with E-state index >= 15 is 0 Å². The molecule has 1 aromatic heterocycles. The summed E-state index contributed by atoms with van der Waals surface area (Å²) >= 11 is 0. The molecule has 0 aliphatic rings. The molecule has 0 aliphatic heterocycles. The molecule has 9 nitrogen and oxygen atoms in total. The highest BCUT2D eigenvalue weighted by atomic mass is 32.2. The number of sulfone groups is 1. The van der Waals surface area contributed by atoms with Crippen molar-refractivity contribution in [1.29, 1.82) is 5.26 Å². The van der Waals surface area contributed by atoms with Gasteiger partial charge in [-0.25, -0.2) is 16.8 Å². The van der Waals surface area contributed by atoms with Crippen LogP contribution >= 0.6 is 0 Å². The Hall–Kier alpha value is -4.14. The van der Waals surface area contributed by atoms with Crippen LogP contribution in [0.25, 0.3) is 16.6 Å². The third kappa shape index (κ3) is 4.89. The predicted octanol–water partition coefficient (Wildman–Crippen LogP) is 3.00. The minimum Gasteiger partial charge on any atom is -0.364 e. The summed E-state index contributed by atoms with van der Waals surface area (Å²) in [5.74, 6) is -0.740. The standard InChI is InChI=1S/C24H20N4O5S2/c1-34(30,31)27-18-9-8-17-13-23(24(26)29)28(22(17)14-18)19-5-3-7-21(15-19)35(32,33)20-6-2-4-16(12-20)10-11-25/h2-9,12-15,27H,10H2,1H3,(H2,26,29). The zero-order valence-corrected chi connectivity index (χ0v) is 20.1. The van der Waals surface area contributed by atoms with Crippen LogP contribution < -0.4 is 10.5 Å². The molecule has 35 heavy (non-hydrogen) atoms. The summed E-state index contributed by atoms with van der Waals surface area (Å²) < 4.78 is 53.9. The van der Waals surface area contributed by atoms with Gasteiger partial charge in [0.05, 0.1) is 39.7 Å². The molecule has 4 rings (SSSR count). The van der Waals surface area contributed by atoms with Crippen molar-refractivity contribution in [1.82, 2.24) is 4.57 Å². The molecule has 0 bridgehead atoms. The van der Waals surface area contributed by atoms with E-state index in [1.807, 2.05) is 6.07 Å². The Labute approximate surface area is 202 Å². The van der Waals surface area contributed by atoms with Crippen LogP contribution in [0.2, 0.25) is 0 Å². The monoisotopic (exact) mass is 508 g/mol. The molecule has 0 saturated heterocycles. The van der Waals surface area contributed by atoms with Crippen molar-refractivity contribution in [3.8, 4) is 11.8 Å². The van der Waals surface area contributed by atoms with Gasteiger partial charge in [-0.2, -0.15) is 5.26 Å². The molecule has 1 amide bonds. The summed E-state index contributed by atoms with van der Waals surface area (Å²) in [4.78, 5) is 12.2. The number of nitriles is 1. The van der Waals surface area contributed by atoms with E-state index in [1.54, 1.807) is 36.4 Å². The first-order chi connectivity index (χ1) is 16.5. The smallest absolute Gasteiger partial charge is 0.265 e. The molecular weight excluding hydrogens is 488 g/mol. The highest BCUT2D eigenvalue weighted by Crippen LogP contribution is 2.30. The number of anilines is 1. The highest BCUT2D eigenvalue weighted by Gasteiger charge is 2.21. The number of nitrogens with zero attached hydrogens (tertiary/aromatic N) is 2. The third-order valence-corrected chi connectivity index (χ3v) is 7.59. The SMILES string of the molecule is CS(=O)(=O)Nc1ccc2cc(C(N)=O)n(-c3cccc(S(=O)(=O)c4cccc(CC#N)c4)c3)c2c1. The van der Waals surface area contributed by atoms with E-state index in [1.165, 1.54) is 41.0 Å². The van der Waals surface area contributed by atoms with Gasteiger partial charge in [-0.3, -0.25) is 9.52 Å². The van der Waals surface area contributed by atoms with Crippen LogP contribution in [0.15, 0.2) is 82.6 Å². The van der Waals surface area contributed by atoms with Gasteiger partial charge in [0.2, 0.25) is 19.9 Å². The Morgan fingerprint density at radius 3 is 2.31 bits per heavy atom. The van der Waals surface area contributed by atoms with Crippen molar-refractivity contribution < 1.29 is 21.6 Å². The fraction of sp³-hybridized carbons (Fsp3) is 0.0833. The van der Waals surface area contributed by atoms with E-state index in [0.717, 1.165) is 6.26 Å². The Balaban J connectivity index is 1.89. The Bertz CT molecular complexity index is 1730. The molecule has 0 unspecified atom stereocenters. The molecule has 0 atom stereocenters. The zero-order valence-electron chi connectivity index (χ0n) is 18.5. The molecule has 178 valence electrons. The maximum absolute atomic E-state index is 13.3. The largest absolute Gasteiger partial charge is 0.364 e. The van der Waals surface area contributed by atoms with Crippen LogP contribution in [-0.4, -0.2) is 33.6 Å². The number of carbonyl (C=O) groups excluding carboxylic acids is 1. The first kappa shape index (κ1) is 24.0. The van der Waals surface area contributed by atoms with E-state index in [-0.39, 0.29) is 27.6 Å². The average Bonchev–Trinajstić information content (AvgIpc) is 3.18. The Morgan fingerprint density at radius 1 is 0.971 bits per heavy atom. The van der Waals surface area contributed by atoms with Gasteiger partial charge in [-0.05, 0) is 54.1 Å². The number of aromatic nitrogens is 1. The number of primary amides is 1. The van der Waals surface area contributed by atoms with Gasteiger partial charge in [-0.15, -0.1) is 0 Å². The van der Waals surface area contributed by atoms with Gasteiger partial charge in [0, 0.05) is 11.1 Å². The number of amides is 1. The van der Waals surface area contributed by atoms with E-state index in [0.29, 0.717) is 22.2 Å². The van der Waals surface area contributed by atoms with E-state index in [9.17, 15) is 21.6 Å². The minimum atomic E-state index is -3.94. The number of hydrogen-bond donors (Lipinski definition) is 2. The van der Waals surface area contributed by atoms with Crippen molar-refractivity contribution in [3.05, 3.63) is 84.1 Å². The lowest BCUT2D eigenvalue weighted by atomic mass is 10.2. The molecular formula is C24H20N4O5S2. The summed E-state index contributed by atoms with van der Waals surface area (Å²) in [6, 6.07) is 20.4. The molecule has 3 N–H and O–H groups in total. The Morgan fingerprint density at radius 2 is 1.66 bits per heavy atom. The number of hydrogen-bond acceptors (Lipinski definition) is 6. The summed E-state index contributed by atoms with van der Waals surface area (Å²) in [5, 5.41) is 9.54. The second kappa shape index (κ2) is 8.90. The van der Waals surface area contributed by atoms with Crippen LogP contribution in [0, 0.1) is 11.3 Å². The van der Waals surface area contributed by atoms with Crippen LogP contribution in [0.4, 0.5) is 5.69 Å². The van der Waals surface area contributed by atoms with Crippen LogP contribution in [0.5, 0.6) is 0 Å². The summed E-state index contributed by atoms with van der Waals surface area (Å²) in [6.07, 6.45) is 1.09. The normalized spacial score (nSPS) is 11.8. The fourth-order valence-corrected chi connectivity index (χ4v) is 5.70. The van der Waals surface area contributed by atoms with Gasteiger partial charge in [-0.1, -0.05) is 24.3 Å². The van der Waals surface area contributed by atoms with Crippen molar-refractivity contribution in [2.24, 2.45) is 5.73 Å². The molecule has 3 aromatic carbocycles. The Kier molecular flexibility index (Phi) is 6.10. The first-order valence-electron chi connectivity index (χ1n) is 10.2. The van der Waals surface area contributed by atoms with Gasteiger partial charge >= 0.3 is 0 Å². The number of sulfonamides is 1. The molecule has 0 spiro atoms. The number of rotatable bonds is 7. The maximum atomic E-state index is 13.3. The summed E-state index contributed by atoms with van der Waals surface area (Å²) in [5.41, 5.74) is 7.35. The van der Waals surface area contributed by atoms with Gasteiger partial charge < -0.3 is 10.3 Å². The van der Waals surface area contributed by atoms with Crippen molar-refractivity contribution in [2.45, 2.75) is 16.2 Å². The second-order valence-electron chi connectivity index (χ2n) is 7.86. The lowest BCUT2D eigenvalue weighted by molar-refractivity contribution is 0.0994. The number of fused-ring (bicyclic) bond motifs is 1. The zero-order chi connectivity index (χ0) is 25.4. The molecule has 0 aliphatic carbocycles. The lowest BCUT2D eigenvalue weighted by Crippen LogP contribution is -2.16. The van der Waals surface area contributed by atoms with Gasteiger partial charge in [0.15, 0.2) is 0 Å². The lowest BCUT2D eigenvalue weighted by Gasteiger charge is -2.13. The van der Waals surface area contributed by atoms with E-state index < -0.39 is 25.8 Å². The minimum absolute atomic E-state index is 0.0215. The highest BCUT2D eigenvalue weighted by molar-refractivity contribution is 7.92.